The topological polar surface area (TPSA) is 80.9 Å². The summed E-state index contributed by atoms with van der Waals surface area (Å²) < 4.78 is 27.2. The Hall–Kier alpha value is -3.35. The first-order valence-electron chi connectivity index (χ1n) is 8.24. The summed E-state index contributed by atoms with van der Waals surface area (Å²) in [6, 6.07) is 13.2. The molecular weight excluding hydrogens is 350 g/mol. The molecule has 0 spiro atoms. The van der Waals surface area contributed by atoms with Crippen LogP contribution in [0, 0.1) is 11.6 Å². The van der Waals surface area contributed by atoms with Gasteiger partial charge in [0, 0.05) is 11.1 Å². The molecule has 0 fully saturated rings. The van der Waals surface area contributed by atoms with Crippen molar-refractivity contribution >= 4 is 11.7 Å². The summed E-state index contributed by atoms with van der Waals surface area (Å²) >= 11 is 0. The predicted molar refractivity (Wildman–Crippen MR) is 99.0 cm³/mol. The van der Waals surface area contributed by atoms with E-state index < -0.39 is 17.3 Å². The van der Waals surface area contributed by atoms with Crippen LogP contribution in [0.15, 0.2) is 54.6 Å². The number of hydrogen-bond donors (Lipinski definition) is 2. The number of benzene rings is 2. The van der Waals surface area contributed by atoms with E-state index in [0.29, 0.717) is 5.82 Å². The Bertz CT molecular complexity index is 970. The second kappa shape index (κ2) is 7.11. The number of carbonyl (C=O) groups excluding carboxylic acids is 1. The van der Waals surface area contributed by atoms with E-state index in [1.807, 2.05) is 13.8 Å². The Balaban J connectivity index is 1.84. The summed E-state index contributed by atoms with van der Waals surface area (Å²) in [5.74, 6) is -1.01. The van der Waals surface area contributed by atoms with Crippen molar-refractivity contribution in [1.82, 2.24) is 10.2 Å². The van der Waals surface area contributed by atoms with Crippen molar-refractivity contribution in [3.8, 4) is 11.3 Å². The maximum atomic E-state index is 14.1. The number of nitrogens with zero attached hydrogens (tertiary/aromatic N) is 2. The van der Waals surface area contributed by atoms with Gasteiger partial charge in [0.25, 0.3) is 0 Å². The number of hydrogen-bond acceptors (Lipinski definition) is 4. The van der Waals surface area contributed by atoms with Crippen molar-refractivity contribution in [2.75, 3.05) is 5.32 Å². The first kappa shape index (κ1) is 18.4. The minimum atomic E-state index is -0.649. The molecule has 2 aromatic carbocycles. The predicted octanol–water partition coefficient (Wildman–Crippen LogP) is 3.87. The zero-order chi connectivity index (χ0) is 19.6. The lowest BCUT2D eigenvalue weighted by Gasteiger charge is -2.27. The number of nitrogens with two attached hydrogens (primary N) is 1. The molecule has 5 nitrogen and oxygen atoms in total. The fraction of sp³-hybridized carbons (Fsp3) is 0.150. The van der Waals surface area contributed by atoms with E-state index >= 15 is 0 Å². The molecule has 0 unspecified atom stereocenters. The zero-order valence-corrected chi connectivity index (χ0v) is 14.8. The van der Waals surface area contributed by atoms with Gasteiger partial charge < -0.3 is 11.1 Å². The number of anilines is 1. The molecule has 0 atom stereocenters. The molecule has 0 saturated heterocycles. The molecule has 3 rings (SSSR count). The van der Waals surface area contributed by atoms with E-state index in [1.165, 1.54) is 30.3 Å². The van der Waals surface area contributed by atoms with Crippen molar-refractivity contribution in [2.45, 2.75) is 19.4 Å². The molecule has 0 aliphatic heterocycles. The molecule has 0 bridgehead atoms. The van der Waals surface area contributed by atoms with Crippen molar-refractivity contribution in [3.63, 3.8) is 0 Å². The van der Waals surface area contributed by atoms with Crippen LogP contribution in [0.1, 0.15) is 29.8 Å². The average molecular weight is 368 g/mol. The molecule has 3 N–H and O–H groups in total. The van der Waals surface area contributed by atoms with Gasteiger partial charge in [-0.15, -0.1) is 10.2 Å². The van der Waals surface area contributed by atoms with Crippen molar-refractivity contribution < 1.29 is 13.6 Å². The van der Waals surface area contributed by atoms with Crippen LogP contribution in [0.5, 0.6) is 0 Å². The van der Waals surface area contributed by atoms with Gasteiger partial charge in [0.1, 0.15) is 17.5 Å². The fourth-order valence-electron chi connectivity index (χ4n) is 2.68. The third-order valence-electron chi connectivity index (χ3n) is 4.20. The second-order valence-corrected chi connectivity index (χ2v) is 6.62. The van der Waals surface area contributed by atoms with Gasteiger partial charge in [-0.1, -0.05) is 12.1 Å². The molecule has 1 aromatic heterocycles. The van der Waals surface area contributed by atoms with E-state index in [1.54, 1.807) is 24.3 Å². The van der Waals surface area contributed by atoms with Gasteiger partial charge in [0.15, 0.2) is 0 Å². The largest absolute Gasteiger partial charge is 0.366 e. The minimum Gasteiger partial charge on any atom is -0.366 e. The SMILES string of the molecule is CC(C)(Nc1ccc(-c2cc(C(N)=O)ccc2F)nn1)c1ccc(F)cc1. The van der Waals surface area contributed by atoms with Gasteiger partial charge in [-0.25, -0.2) is 8.78 Å². The molecule has 1 heterocycles. The zero-order valence-electron chi connectivity index (χ0n) is 14.8. The lowest BCUT2D eigenvalue weighted by molar-refractivity contribution is 0.100. The van der Waals surface area contributed by atoms with Gasteiger partial charge >= 0.3 is 0 Å². The van der Waals surface area contributed by atoms with Crippen LogP contribution in [0.3, 0.4) is 0 Å². The molecule has 0 aliphatic carbocycles. The third kappa shape index (κ3) is 4.08. The summed E-state index contributed by atoms with van der Waals surface area (Å²) in [6.07, 6.45) is 0. The van der Waals surface area contributed by atoms with Crippen LogP contribution in [0.2, 0.25) is 0 Å². The van der Waals surface area contributed by atoms with Crippen molar-refractivity contribution in [2.24, 2.45) is 5.73 Å². The monoisotopic (exact) mass is 368 g/mol. The number of amides is 1. The van der Waals surface area contributed by atoms with Gasteiger partial charge in [-0.05, 0) is 61.9 Å². The van der Waals surface area contributed by atoms with Crippen LogP contribution in [-0.4, -0.2) is 16.1 Å². The average Bonchev–Trinajstić information content (AvgIpc) is 2.63. The first-order chi connectivity index (χ1) is 12.8. The summed E-state index contributed by atoms with van der Waals surface area (Å²) in [5, 5.41) is 11.3. The number of primary amides is 1. The van der Waals surface area contributed by atoms with E-state index in [9.17, 15) is 13.6 Å². The normalized spacial score (nSPS) is 11.3. The highest BCUT2D eigenvalue weighted by atomic mass is 19.1. The molecule has 1 amide bonds. The van der Waals surface area contributed by atoms with Gasteiger partial charge in [0.05, 0.1) is 11.2 Å². The maximum absolute atomic E-state index is 14.1. The number of halogens is 2. The van der Waals surface area contributed by atoms with Crippen LogP contribution in [0.25, 0.3) is 11.3 Å². The first-order valence-corrected chi connectivity index (χ1v) is 8.24. The Morgan fingerprint density at radius 1 is 1.00 bits per heavy atom. The highest BCUT2D eigenvalue weighted by Crippen LogP contribution is 2.26. The van der Waals surface area contributed by atoms with Gasteiger partial charge in [-0.3, -0.25) is 4.79 Å². The minimum absolute atomic E-state index is 0.142. The Labute approximate surface area is 155 Å². The molecule has 3 aromatic rings. The van der Waals surface area contributed by atoms with Crippen LogP contribution in [-0.2, 0) is 5.54 Å². The summed E-state index contributed by atoms with van der Waals surface area (Å²) in [5.41, 5.74) is 6.19. The number of aromatic nitrogens is 2. The van der Waals surface area contributed by atoms with Crippen LogP contribution in [0.4, 0.5) is 14.6 Å². The van der Waals surface area contributed by atoms with Gasteiger partial charge in [-0.2, -0.15) is 0 Å². The Morgan fingerprint density at radius 2 is 1.70 bits per heavy atom. The molecule has 7 heteroatoms. The standard InChI is InChI=1S/C20H18F2N4O/c1-20(2,13-4-6-14(21)7-5-13)24-18-10-9-17(25-26-18)15-11-12(19(23)27)3-8-16(15)22/h3-11H,1-2H3,(H2,23,27)(H,24,26). The molecule has 0 aliphatic rings. The highest BCUT2D eigenvalue weighted by Gasteiger charge is 2.21. The summed E-state index contributed by atoms with van der Waals surface area (Å²) in [7, 11) is 0. The van der Waals surface area contributed by atoms with E-state index in [4.69, 9.17) is 5.73 Å². The molecule has 27 heavy (non-hydrogen) atoms. The molecule has 0 radical (unpaired) electrons. The molecular formula is C20H18F2N4O. The van der Waals surface area contributed by atoms with Crippen molar-refractivity contribution in [1.29, 1.82) is 0 Å². The quantitative estimate of drug-likeness (QED) is 0.716. The number of rotatable bonds is 5. The third-order valence-corrected chi connectivity index (χ3v) is 4.20. The van der Waals surface area contributed by atoms with E-state index in [2.05, 4.69) is 15.5 Å². The van der Waals surface area contributed by atoms with Crippen LogP contribution < -0.4 is 11.1 Å². The fourth-order valence-corrected chi connectivity index (χ4v) is 2.68. The van der Waals surface area contributed by atoms with Crippen LogP contribution >= 0.6 is 0 Å². The van der Waals surface area contributed by atoms with Crippen molar-refractivity contribution in [3.05, 3.63) is 77.4 Å². The molecule has 138 valence electrons. The lowest BCUT2D eigenvalue weighted by Crippen LogP contribution is -2.28. The Morgan fingerprint density at radius 3 is 2.30 bits per heavy atom. The summed E-state index contributed by atoms with van der Waals surface area (Å²) in [6.45, 7) is 3.84. The number of nitrogens with one attached hydrogen (secondary N) is 1. The van der Waals surface area contributed by atoms with E-state index in [-0.39, 0.29) is 22.6 Å². The Kier molecular flexibility index (Phi) is 4.85. The smallest absolute Gasteiger partial charge is 0.248 e. The van der Waals surface area contributed by atoms with Gasteiger partial charge in [0.2, 0.25) is 5.91 Å². The lowest BCUT2D eigenvalue weighted by atomic mass is 9.94. The molecule has 0 saturated carbocycles. The second-order valence-electron chi connectivity index (χ2n) is 6.62. The van der Waals surface area contributed by atoms with E-state index in [0.717, 1.165) is 5.56 Å². The highest BCUT2D eigenvalue weighted by molar-refractivity contribution is 5.94. The maximum Gasteiger partial charge on any atom is 0.248 e. The number of carbonyl (C=O) groups is 1. The summed E-state index contributed by atoms with van der Waals surface area (Å²) in [4.78, 5) is 11.3.